The lowest BCUT2D eigenvalue weighted by atomic mass is 10.1. The Hall–Kier alpha value is -3.37. The Morgan fingerprint density at radius 1 is 0.973 bits per heavy atom. The van der Waals surface area contributed by atoms with Crippen LogP contribution in [0, 0.1) is 0 Å². The van der Waals surface area contributed by atoms with Crippen LogP contribution in [0.3, 0.4) is 0 Å². The van der Waals surface area contributed by atoms with Crippen LogP contribution < -0.4 is 10.1 Å². The van der Waals surface area contributed by atoms with Gasteiger partial charge in [0, 0.05) is 44.1 Å². The zero-order valence-electron chi connectivity index (χ0n) is 20.4. The number of carbonyl (C=O) groups is 2. The van der Waals surface area contributed by atoms with E-state index in [9.17, 15) is 22.8 Å². The largest absolute Gasteiger partial charge is 0.493 e. The van der Waals surface area contributed by atoms with E-state index in [0.29, 0.717) is 55.5 Å². The number of rotatable bonds is 8. The van der Waals surface area contributed by atoms with Crippen LogP contribution in [0.1, 0.15) is 43.0 Å². The molecular weight excluding hydrogens is 503 g/mol. The molecule has 10 heteroatoms. The van der Waals surface area contributed by atoms with E-state index in [0.717, 1.165) is 10.9 Å². The van der Waals surface area contributed by atoms with Gasteiger partial charge in [0.1, 0.15) is 5.75 Å². The average Bonchev–Trinajstić information content (AvgIpc) is 3.36. The third-order valence-corrected chi connectivity index (χ3v) is 7.17. The molecule has 0 radical (unpaired) electrons. The molecule has 0 spiro atoms. The van der Waals surface area contributed by atoms with E-state index >= 15 is 0 Å². The SMILES string of the molecule is CCOc1ccccc1C(=O)N1CCN(Cc2ccc(C(=O)NCc3ccccc3C(F)(F)F)s2)CC1. The number of ether oxygens (including phenoxy) is 1. The van der Waals surface area contributed by atoms with Crippen LogP contribution in [0.5, 0.6) is 5.75 Å². The first-order valence-corrected chi connectivity index (χ1v) is 12.8. The highest BCUT2D eigenvalue weighted by atomic mass is 32.1. The number of carbonyl (C=O) groups excluding carboxylic acids is 2. The number of nitrogens with zero attached hydrogens (tertiary/aromatic N) is 2. The molecule has 0 unspecified atom stereocenters. The Bertz CT molecular complexity index is 1240. The van der Waals surface area contributed by atoms with Crippen LogP contribution in [0.2, 0.25) is 0 Å². The van der Waals surface area contributed by atoms with E-state index in [-0.39, 0.29) is 18.0 Å². The van der Waals surface area contributed by atoms with Gasteiger partial charge in [0.15, 0.2) is 0 Å². The quantitative estimate of drug-likeness (QED) is 0.442. The van der Waals surface area contributed by atoms with Gasteiger partial charge in [-0.2, -0.15) is 13.2 Å². The van der Waals surface area contributed by atoms with Crippen LogP contribution in [-0.4, -0.2) is 54.4 Å². The molecule has 2 heterocycles. The third-order valence-electron chi connectivity index (χ3n) is 6.10. The minimum atomic E-state index is -4.47. The molecule has 1 aliphatic rings. The van der Waals surface area contributed by atoms with Crippen molar-refractivity contribution in [3.05, 3.63) is 87.1 Å². The molecule has 1 aromatic heterocycles. The number of alkyl halides is 3. The summed E-state index contributed by atoms with van der Waals surface area (Å²) in [5, 5.41) is 2.60. The number of amides is 2. The topological polar surface area (TPSA) is 61.9 Å². The van der Waals surface area contributed by atoms with Crippen LogP contribution in [-0.2, 0) is 19.3 Å². The molecule has 0 atom stereocenters. The Labute approximate surface area is 217 Å². The summed E-state index contributed by atoms with van der Waals surface area (Å²) in [5.74, 6) is 0.131. The molecule has 4 rings (SSSR count). The lowest BCUT2D eigenvalue weighted by Gasteiger charge is -2.34. The monoisotopic (exact) mass is 531 g/mol. The van der Waals surface area contributed by atoms with Gasteiger partial charge in [0.05, 0.1) is 22.6 Å². The summed E-state index contributed by atoms with van der Waals surface area (Å²) in [6, 6.07) is 16.0. The van der Waals surface area contributed by atoms with Crippen molar-refractivity contribution < 1.29 is 27.5 Å². The summed E-state index contributed by atoms with van der Waals surface area (Å²) in [5.41, 5.74) is -0.165. The molecule has 1 aliphatic heterocycles. The van der Waals surface area contributed by atoms with Gasteiger partial charge in [0.2, 0.25) is 0 Å². The zero-order valence-corrected chi connectivity index (χ0v) is 21.2. The predicted molar refractivity (Wildman–Crippen MR) is 136 cm³/mol. The third kappa shape index (κ3) is 6.69. The van der Waals surface area contributed by atoms with Crippen molar-refractivity contribution in [3.63, 3.8) is 0 Å². The van der Waals surface area contributed by atoms with E-state index in [1.54, 1.807) is 18.2 Å². The van der Waals surface area contributed by atoms with E-state index in [4.69, 9.17) is 4.74 Å². The summed E-state index contributed by atoms with van der Waals surface area (Å²) >= 11 is 1.32. The van der Waals surface area contributed by atoms with Crippen molar-refractivity contribution in [3.8, 4) is 5.75 Å². The molecule has 37 heavy (non-hydrogen) atoms. The van der Waals surface area contributed by atoms with Crippen LogP contribution in [0.15, 0.2) is 60.7 Å². The van der Waals surface area contributed by atoms with Gasteiger partial charge in [-0.25, -0.2) is 0 Å². The standard InChI is InChI=1S/C27H28F3N3O3S/c1-2-36-23-10-6-4-8-21(23)26(35)33-15-13-32(14-16-33)18-20-11-12-24(37-20)25(34)31-17-19-7-3-5-9-22(19)27(28,29)30/h3-12H,2,13-18H2,1H3,(H,31,34). The first-order valence-electron chi connectivity index (χ1n) is 12.0. The Morgan fingerprint density at radius 2 is 1.68 bits per heavy atom. The second-order valence-electron chi connectivity index (χ2n) is 8.60. The number of thiophene rings is 1. The fourth-order valence-corrected chi connectivity index (χ4v) is 5.19. The van der Waals surface area contributed by atoms with Crippen molar-refractivity contribution >= 4 is 23.2 Å². The van der Waals surface area contributed by atoms with Crippen molar-refractivity contribution in [1.29, 1.82) is 0 Å². The summed E-state index contributed by atoms with van der Waals surface area (Å²) in [6.45, 7) is 5.34. The van der Waals surface area contributed by atoms with Gasteiger partial charge in [-0.05, 0) is 42.8 Å². The van der Waals surface area contributed by atoms with Crippen molar-refractivity contribution in [2.24, 2.45) is 0 Å². The highest BCUT2D eigenvalue weighted by Gasteiger charge is 2.33. The maximum Gasteiger partial charge on any atom is 0.416 e. The molecule has 196 valence electrons. The summed E-state index contributed by atoms with van der Waals surface area (Å²) in [7, 11) is 0. The van der Waals surface area contributed by atoms with Gasteiger partial charge in [-0.1, -0.05) is 30.3 Å². The van der Waals surface area contributed by atoms with E-state index in [2.05, 4.69) is 10.2 Å². The molecule has 1 saturated heterocycles. The molecular formula is C27H28F3N3O3S. The van der Waals surface area contributed by atoms with Crippen molar-refractivity contribution in [1.82, 2.24) is 15.1 Å². The van der Waals surface area contributed by atoms with Crippen LogP contribution in [0.25, 0.3) is 0 Å². The highest BCUT2D eigenvalue weighted by molar-refractivity contribution is 7.14. The fraction of sp³-hybridized carbons (Fsp3) is 0.333. The molecule has 0 saturated carbocycles. The Kier molecular flexibility index (Phi) is 8.50. The van der Waals surface area contributed by atoms with Gasteiger partial charge in [-0.3, -0.25) is 14.5 Å². The summed E-state index contributed by atoms with van der Waals surface area (Å²) in [4.78, 5) is 31.0. The molecule has 2 amide bonds. The number of halogens is 3. The molecule has 0 bridgehead atoms. The van der Waals surface area contributed by atoms with Crippen molar-refractivity contribution in [2.75, 3.05) is 32.8 Å². The second kappa shape index (κ2) is 11.8. The molecule has 6 nitrogen and oxygen atoms in total. The zero-order chi connectivity index (χ0) is 26.4. The fourth-order valence-electron chi connectivity index (χ4n) is 4.22. The van der Waals surface area contributed by atoms with Gasteiger partial charge >= 0.3 is 6.18 Å². The lowest BCUT2D eigenvalue weighted by molar-refractivity contribution is -0.138. The van der Waals surface area contributed by atoms with Gasteiger partial charge in [0.25, 0.3) is 11.8 Å². The van der Waals surface area contributed by atoms with Crippen molar-refractivity contribution in [2.45, 2.75) is 26.2 Å². The van der Waals surface area contributed by atoms with E-state index < -0.39 is 17.6 Å². The number of piperazine rings is 1. The predicted octanol–water partition coefficient (Wildman–Crippen LogP) is 5.05. The first kappa shape index (κ1) is 26.7. The van der Waals surface area contributed by atoms with E-state index in [1.165, 1.54) is 29.5 Å². The average molecular weight is 532 g/mol. The van der Waals surface area contributed by atoms with Crippen LogP contribution in [0.4, 0.5) is 13.2 Å². The number of nitrogens with one attached hydrogen (secondary N) is 1. The second-order valence-corrected chi connectivity index (χ2v) is 9.77. The van der Waals surface area contributed by atoms with Crippen LogP contribution >= 0.6 is 11.3 Å². The number of benzene rings is 2. The molecule has 1 N–H and O–H groups in total. The smallest absolute Gasteiger partial charge is 0.416 e. The highest BCUT2D eigenvalue weighted by Crippen LogP contribution is 2.32. The summed E-state index contributed by atoms with van der Waals surface area (Å²) < 4.78 is 45.1. The molecule has 3 aromatic rings. The molecule has 0 aliphatic carbocycles. The Morgan fingerprint density at radius 3 is 2.41 bits per heavy atom. The minimum absolute atomic E-state index is 0.0245. The molecule has 2 aromatic carbocycles. The summed E-state index contributed by atoms with van der Waals surface area (Å²) in [6.07, 6.45) is -4.47. The normalized spacial score (nSPS) is 14.4. The number of hydrogen-bond donors (Lipinski definition) is 1. The lowest BCUT2D eigenvalue weighted by Crippen LogP contribution is -2.48. The maximum atomic E-state index is 13.2. The van der Waals surface area contributed by atoms with E-state index in [1.807, 2.05) is 30.0 Å². The minimum Gasteiger partial charge on any atom is -0.493 e. The number of para-hydroxylation sites is 1. The van der Waals surface area contributed by atoms with Gasteiger partial charge in [-0.15, -0.1) is 11.3 Å². The maximum absolute atomic E-state index is 13.2. The first-order chi connectivity index (χ1) is 17.8. The Balaban J connectivity index is 1.29. The number of hydrogen-bond acceptors (Lipinski definition) is 5. The van der Waals surface area contributed by atoms with Gasteiger partial charge < -0.3 is 15.0 Å². The molecule has 1 fully saturated rings.